The van der Waals surface area contributed by atoms with E-state index in [1.54, 1.807) is 12.1 Å². The molecule has 10 nitrogen and oxygen atoms in total. The van der Waals surface area contributed by atoms with Gasteiger partial charge in [0.15, 0.2) is 0 Å². The van der Waals surface area contributed by atoms with Crippen LogP contribution in [0.25, 0.3) is 0 Å². The van der Waals surface area contributed by atoms with Crippen LogP contribution in [0.15, 0.2) is 27.8 Å². The summed E-state index contributed by atoms with van der Waals surface area (Å²) in [6.07, 6.45) is 0.785. The Balaban J connectivity index is 0. The molecule has 0 aliphatic rings. The topological polar surface area (TPSA) is 199 Å². The maximum Gasteiger partial charge on any atom is 0.352 e. The standard InChI is InChI=1S/C8H11NO.C5H4N2O4.2H2O/c1-3-7-8(10)5-4-6(2)9-7;8-3-1-2(4(9)10)6-5(11)7-3;;/h4-5,10H,3H2,1-2H3;1H,(H,9,10)(H2,6,7,8,11);2*1H2. The maximum absolute atomic E-state index is 10.5. The van der Waals surface area contributed by atoms with Crippen LogP contribution in [-0.4, -0.2) is 42.1 Å². The number of hydrogen-bond donors (Lipinski definition) is 4. The summed E-state index contributed by atoms with van der Waals surface area (Å²) in [5.74, 6) is -1.04. The van der Waals surface area contributed by atoms with E-state index in [0.29, 0.717) is 5.75 Å². The number of carboxylic acids is 1. The molecule has 2 aromatic rings. The Kier molecular flexibility index (Phi) is 9.57. The number of H-pyrrole nitrogens is 2. The molecule has 0 bridgehead atoms. The number of nitrogens with one attached hydrogen (secondary N) is 2. The minimum absolute atomic E-state index is 0. The summed E-state index contributed by atoms with van der Waals surface area (Å²) >= 11 is 0. The summed E-state index contributed by atoms with van der Waals surface area (Å²) in [5.41, 5.74) is -0.241. The number of aromatic carboxylic acids is 1. The van der Waals surface area contributed by atoms with E-state index in [2.05, 4.69) is 4.98 Å². The number of aromatic amines is 2. The first-order valence-electron chi connectivity index (χ1n) is 6.06. The summed E-state index contributed by atoms with van der Waals surface area (Å²) in [4.78, 5) is 39.0. The van der Waals surface area contributed by atoms with Crippen LogP contribution in [0, 0.1) is 6.92 Å². The van der Waals surface area contributed by atoms with E-state index < -0.39 is 22.9 Å². The number of aromatic hydroxyl groups is 1. The summed E-state index contributed by atoms with van der Waals surface area (Å²) in [7, 11) is 0. The zero-order chi connectivity index (χ0) is 16.0. The molecule has 0 radical (unpaired) electrons. The van der Waals surface area contributed by atoms with Crippen molar-refractivity contribution >= 4 is 5.97 Å². The van der Waals surface area contributed by atoms with Crippen LogP contribution < -0.4 is 11.2 Å². The minimum atomic E-state index is -1.34. The van der Waals surface area contributed by atoms with E-state index in [1.807, 2.05) is 23.8 Å². The second-order valence-electron chi connectivity index (χ2n) is 4.08. The predicted octanol–water partition coefficient (Wildman–Crippen LogP) is -1.23. The zero-order valence-electron chi connectivity index (χ0n) is 12.5. The van der Waals surface area contributed by atoms with Crippen LogP contribution >= 0.6 is 0 Å². The number of aryl methyl sites for hydroxylation is 2. The third-order valence-electron chi connectivity index (χ3n) is 2.42. The Hall–Kier alpha value is -2.98. The van der Waals surface area contributed by atoms with Gasteiger partial charge in [-0.1, -0.05) is 6.92 Å². The second-order valence-corrected chi connectivity index (χ2v) is 4.08. The lowest BCUT2D eigenvalue weighted by Crippen LogP contribution is -2.24. The molecule has 0 amide bonds. The van der Waals surface area contributed by atoms with E-state index in [-0.39, 0.29) is 11.0 Å². The van der Waals surface area contributed by atoms with Crippen molar-refractivity contribution in [1.29, 1.82) is 0 Å². The fourth-order valence-corrected chi connectivity index (χ4v) is 1.45. The number of carbonyl (C=O) groups is 1. The van der Waals surface area contributed by atoms with Crippen LogP contribution in [0.4, 0.5) is 0 Å². The van der Waals surface area contributed by atoms with Gasteiger partial charge in [-0.05, 0) is 25.5 Å². The largest absolute Gasteiger partial charge is 0.506 e. The Morgan fingerprint density at radius 1 is 1.22 bits per heavy atom. The first-order valence-corrected chi connectivity index (χ1v) is 6.06. The van der Waals surface area contributed by atoms with E-state index in [1.165, 1.54) is 0 Å². The monoisotopic (exact) mass is 329 g/mol. The second kappa shape index (κ2) is 9.87. The SMILES string of the molecule is CCc1nc(C)ccc1O.O.O.O=C(O)c1cc(=O)[nH]c(=O)[nH]1. The van der Waals surface area contributed by atoms with Gasteiger partial charge in [0, 0.05) is 11.8 Å². The number of pyridine rings is 1. The van der Waals surface area contributed by atoms with Gasteiger partial charge in [0.1, 0.15) is 11.4 Å². The van der Waals surface area contributed by atoms with E-state index in [4.69, 9.17) is 5.11 Å². The highest BCUT2D eigenvalue weighted by molar-refractivity contribution is 5.84. The molecule has 2 rings (SSSR count). The van der Waals surface area contributed by atoms with Crippen molar-refractivity contribution in [2.24, 2.45) is 0 Å². The highest BCUT2D eigenvalue weighted by atomic mass is 16.4. The van der Waals surface area contributed by atoms with Gasteiger partial charge in [0.2, 0.25) is 0 Å². The smallest absolute Gasteiger partial charge is 0.352 e. The highest BCUT2D eigenvalue weighted by Crippen LogP contribution is 2.14. The fourth-order valence-electron chi connectivity index (χ4n) is 1.45. The van der Waals surface area contributed by atoms with Crippen molar-refractivity contribution in [3.63, 3.8) is 0 Å². The van der Waals surface area contributed by atoms with Crippen LogP contribution in [0.3, 0.4) is 0 Å². The average molecular weight is 329 g/mol. The first kappa shape index (κ1) is 22.3. The van der Waals surface area contributed by atoms with Crippen LogP contribution in [-0.2, 0) is 6.42 Å². The quantitative estimate of drug-likeness (QED) is 0.531. The number of rotatable bonds is 2. The molecule has 0 fully saturated rings. The van der Waals surface area contributed by atoms with Gasteiger partial charge in [-0.3, -0.25) is 14.8 Å². The summed E-state index contributed by atoms with van der Waals surface area (Å²) in [5, 5.41) is 17.5. The van der Waals surface area contributed by atoms with Crippen molar-refractivity contribution in [1.82, 2.24) is 15.0 Å². The molecule has 0 unspecified atom stereocenters. The molecule has 0 spiro atoms. The summed E-state index contributed by atoms with van der Waals surface area (Å²) in [6, 6.07) is 4.28. The third kappa shape index (κ3) is 7.02. The molecule has 0 aliphatic carbocycles. The zero-order valence-corrected chi connectivity index (χ0v) is 12.5. The molecule has 8 N–H and O–H groups in total. The summed E-state index contributed by atoms with van der Waals surface area (Å²) in [6.45, 7) is 3.89. The van der Waals surface area contributed by atoms with Gasteiger partial charge >= 0.3 is 11.7 Å². The maximum atomic E-state index is 10.5. The van der Waals surface area contributed by atoms with Crippen molar-refractivity contribution in [2.75, 3.05) is 0 Å². The third-order valence-corrected chi connectivity index (χ3v) is 2.42. The highest BCUT2D eigenvalue weighted by Gasteiger charge is 2.03. The van der Waals surface area contributed by atoms with Gasteiger partial charge < -0.3 is 26.1 Å². The van der Waals surface area contributed by atoms with Gasteiger partial charge in [0.25, 0.3) is 5.56 Å². The normalized spacial score (nSPS) is 8.78. The molecule has 0 atom stereocenters. The predicted molar refractivity (Wildman–Crippen MR) is 81.9 cm³/mol. The number of carboxylic acid groups (broad SMARTS) is 1. The van der Waals surface area contributed by atoms with Crippen molar-refractivity contribution in [2.45, 2.75) is 20.3 Å². The van der Waals surface area contributed by atoms with Gasteiger partial charge in [-0.25, -0.2) is 9.59 Å². The molecule has 0 saturated carbocycles. The Morgan fingerprint density at radius 3 is 2.26 bits per heavy atom. The lowest BCUT2D eigenvalue weighted by molar-refractivity contribution is 0.0689. The molecule has 0 aliphatic heterocycles. The lowest BCUT2D eigenvalue weighted by atomic mass is 10.2. The average Bonchev–Trinajstić information content (AvgIpc) is 2.41. The van der Waals surface area contributed by atoms with Gasteiger partial charge in [-0.15, -0.1) is 0 Å². The van der Waals surface area contributed by atoms with E-state index >= 15 is 0 Å². The van der Waals surface area contributed by atoms with Crippen LogP contribution in [0.5, 0.6) is 5.75 Å². The number of nitrogens with zero attached hydrogens (tertiary/aromatic N) is 1. The molecule has 23 heavy (non-hydrogen) atoms. The van der Waals surface area contributed by atoms with Gasteiger partial charge in [-0.2, -0.15) is 0 Å². The van der Waals surface area contributed by atoms with Crippen LogP contribution in [0.1, 0.15) is 28.8 Å². The van der Waals surface area contributed by atoms with Crippen molar-refractivity contribution < 1.29 is 26.0 Å². The van der Waals surface area contributed by atoms with E-state index in [9.17, 15) is 19.5 Å². The molecule has 2 heterocycles. The first-order chi connectivity index (χ1) is 9.83. The Bertz CT molecular complexity index is 723. The van der Waals surface area contributed by atoms with E-state index in [0.717, 1.165) is 23.9 Å². The molecule has 10 heteroatoms. The lowest BCUT2D eigenvalue weighted by Gasteiger charge is -1.99. The van der Waals surface area contributed by atoms with Crippen molar-refractivity contribution in [3.8, 4) is 5.75 Å². The Morgan fingerprint density at radius 2 is 1.83 bits per heavy atom. The molecule has 0 aromatic carbocycles. The van der Waals surface area contributed by atoms with Gasteiger partial charge in [0.05, 0.1) is 5.69 Å². The molecule has 2 aromatic heterocycles. The number of aromatic nitrogens is 3. The molecular weight excluding hydrogens is 310 g/mol. The number of hydrogen-bond acceptors (Lipinski definition) is 5. The molecule has 128 valence electrons. The Labute approximate surface area is 130 Å². The summed E-state index contributed by atoms with van der Waals surface area (Å²) < 4.78 is 0. The molecule has 0 saturated heterocycles. The van der Waals surface area contributed by atoms with Crippen molar-refractivity contribution in [3.05, 3.63) is 56.1 Å². The van der Waals surface area contributed by atoms with Crippen LogP contribution in [0.2, 0.25) is 0 Å². The minimum Gasteiger partial charge on any atom is -0.506 e. The molecular formula is C13H19N3O7. The fraction of sp³-hybridized carbons (Fsp3) is 0.231.